The smallest absolute Gasteiger partial charge is 0.255 e. The maximum atomic E-state index is 15.0. The Labute approximate surface area is 199 Å². The molecule has 0 heterocycles. The summed E-state index contributed by atoms with van der Waals surface area (Å²) in [5.74, 6) is -8.89. The number of halogens is 1. The summed E-state index contributed by atoms with van der Waals surface area (Å²) in [5.41, 5.74) is 6.36. The molecular formula is C23H27FN4O7. The summed E-state index contributed by atoms with van der Waals surface area (Å²) in [6.45, 7) is 0. The maximum absolute atomic E-state index is 15.0. The van der Waals surface area contributed by atoms with Gasteiger partial charge in [-0.2, -0.15) is 0 Å². The van der Waals surface area contributed by atoms with E-state index in [1.54, 1.807) is 14.1 Å². The summed E-state index contributed by atoms with van der Waals surface area (Å²) < 4.78 is 15.0. The van der Waals surface area contributed by atoms with Gasteiger partial charge in [-0.15, -0.1) is 0 Å². The van der Waals surface area contributed by atoms with Crippen LogP contribution in [0.3, 0.4) is 0 Å². The normalized spacial score (nSPS) is 28.1. The summed E-state index contributed by atoms with van der Waals surface area (Å²) in [4.78, 5) is 41.6. The molecule has 4 unspecified atom stereocenters. The fourth-order valence-corrected chi connectivity index (χ4v) is 5.81. The van der Waals surface area contributed by atoms with Crippen molar-refractivity contribution in [1.82, 2.24) is 4.90 Å². The summed E-state index contributed by atoms with van der Waals surface area (Å²) >= 11 is 0. The number of nitrogen functional groups attached to an aromatic ring is 1. The lowest BCUT2D eigenvalue weighted by atomic mass is 9.57. The van der Waals surface area contributed by atoms with Crippen molar-refractivity contribution >= 4 is 34.6 Å². The second kappa shape index (κ2) is 7.68. The number of aliphatic hydroxyl groups excluding tert-OH is 2. The molecule has 0 bridgehead atoms. The van der Waals surface area contributed by atoms with Gasteiger partial charge in [0.2, 0.25) is 5.78 Å². The summed E-state index contributed by atoms with van der Waals surface area (Å²) in [7, 11) is 6.11. The van der Waals surface area contributed by atoms with Crippen molar-refractivity contribution in [3.63, 3.8) is 0 Å². The Balaban J connectivity index is 2.03. The Morgan fingerprint density at radius 3 is 2.26 bits per heavy atom. The third-order valence-electron chi connectivity index (χ3n) is 7.28. The van der Waals surface area contributed by atoms with Crippen molar-refractivity contribution in [2.45, 2.75) is 24.5 Å². The molecule has 0 aliphatic heterocycles. The van der Waals surface area contributed by atoms with Gasteiger partial charge < -0.3 is 36.8 Å². The highest BCUT2D eigenvalue weighted by Crippen LogP contribution is 2.54. The van der Waals surface area contributed by atoms with Crippen LogP contribution in [0.4, 0.5) is 15.8 Å². The van der Waals surface area contributed by atoms with Crippen LogP contribution in [0.2, 0.25) is 0 Å². The summed E-state index contributed by atoms with van der Waals surface area (Å²) in [5, 5.41) is 44.1. The number of carbonyl (C=O) groups excluding carboxylic acids is 3. The third kappa shape index (κ3) is 2.99. The first-order valence-electron chi connectivity index (χ1n) is 10.8. The maximum Gasteiger partial charge on any atom is 0.255 e. The molecular weight excluding hydrogens is 463 g/mol. The number of phenols is 1. The van der Waals surface area contributed by atoms with E-state index in [0.717, 1.165) is 0 Å². The molecule has 1 fully saturated rings. The van der Waals surface area contributed by atoms with Gasteiger partial charge in [0.1, 0.15) is 22.8 Å². The first-order valence-corrected chi connectivity index (χ1v) is 10.8. The molecule has 12 heteroatoms. The largest absolute Gasteiger partial charge is 0.508 e. The van der Waals surface area contributed by atoms with E-state index in [0.29, 0.717) is 0 Å². The van der Waals surface area contributed by atoms with Gasteiger partial charge in [-0.25, -0.2) is 4.39 Å². The quantitative estimate of drug-likeness (QED) is 0.187. The number of rotatable bonds is 3. The van der Waals surface area contributed by atoms with Crippen molar-refractivity contribution < 1.29 is 39.2 Å². The number of nitrogens with zero attached hydrogens (tertiary/aromatic N) is 2. The molecule has 4 rings (SSSR count). The topological polar surface area (TPSA) is 191 Å². The van der Waals surface area contributed by atoms with Gasteiger partial charge in [-0.3, -0.25) is 19.3 Å². The Morgan fingerprint density at radius 2 is 1.74 bits per heavy atom. The number of aromatic hydroxyl groups is 1. The van der Waals surface area contributed by atoms with E-state index in [4.69, 9.17) is 11.5 Å². The number of carbonyl (C=O) groups is 3. The number of Topliss-reactive ketones (excluding diaryl/α,β-unsaturated/α-hetero) is 2. The Hall–Kier alpha value is -3.64. The first-order chi connectivity index (χ1) is 16.2. The Morgan fingerprint density at radius 1 is 1.14 bits per heavy atom. The molecule has 188 valence electrons. The number of hydrogen-bond acceptors (Lipinski definition) is 10. The zero-order valence-corrected chi connectivity index (χ0v) is 19.6. The second-order valence-electron chi connectivity index (χ2n) is 9.63. The minimum atomic E-state index is -2.74. The van der Waals surface area contributed by atoms with E-state index in [2.05, 4.69) is 0 Å². The third-order valence-corrected chi connectivity index (χ3v) is 7.28. The molecule has 0 spiro atoms. The lowest BCUT2D eigenvalue weighted by Crippen LogP contribution is -2.65. The number of amides is 1. The van der Waals surface area contributed by atoms with E-state index < -0.39 is 75.3 Å². The van der Waals surface area contributed by atoms with Crippen molar-refractivity contribution in [1.29, 1.82) is 0 Å². The standard InChI is InChI=1S/C23H27FN4O7/c1-27(2)15-8-5-7-6-9-16(28(3)4)19(31)12(22(26)34)21(33)23(9,35)20(32)10(7)17(29)11(8)18(30)14(25)13(15)24/h7,9,16,29-30,33,35H,5-6,25H2,1-4H3,(H2,26,34). The van der Waals surface area contributed by atoms with Crippen LogP contribution in [0.5, 0.6) is 5.75 Å². The van der Waals surface area contributed by atoms with E-state index >= 15 is 0 Å². The average Bonchev–Trinajstić information content (AvgIpc) is 2.74. The monoisotopic (exact) mass is 490 g/mol. The number of anilines is 2. The number of ketones is 2. The molecule has 1 aromatic rings. The molecule has 8 N–H and O–H groups in total. The number of aliphatic hydroxyl groups is 3. The minimum absolute atomic E-state index is 0.0109. The predicted molar refractivity (Wildman–Crippen MR) is 123 cm³/mol. The van der Waals surface area contributed by atoms with Crippen LogP contribution in [0, 0.1) is 17.7 Å². The molecule has 11 nitrogen and oxygen atoms in total. The molecule has 1 amide bonds. The minimum Gasteiger partial charge on any atom is -0.508 e. The Bertz CT molecular complexity index is 1270. The van der Waals surface area contributed by atoms with Crippen molar-refractivity contribution in [2.24, 2.45) is 17.6 Å². The van der Waals surface area contributed by atoms with Crippen molar-refractivity contribution in [3.05, 3.63) is 33.8 Å². The zero-order valence-electron chi connectivity index (χ0n) is 19.6. The van der Waals surface area contributed by atoms with E-state index in [1.165, 1.54) is 23.9 Å². The van der Waals surface area contributed by atoms with Crippen LogP contribution >= 0.6 is 0 Å². The molecule has 0 aromatic heterocycles. The van der Waals surface area contributed by atoms with Crippen LogP contribution in [-0.4, -0.2) is 82.6 Å². The highest BCUT2D eigenvalue weighted by molar-refractivity contribution is 6.24. The molecule has 35 heavy (non-hydrogen) atoms. The van der Waals surface area contributed by atoms with Crippen LogP contribution < -0.4 is 16.4 Å². The van der Waals surface area contributed by atoms with Gasteiger partial charge in [0, 0.05) is 25.6 Å². The fourth-order valence-electron chi connectivity index (χ4n) is 5.81. The van der Waals surface area contributed by atoms with Gasteiger partial charge in [0.05, 0.1) is 17.3 Å². The van der Waals surface area contributed by atoms with Crippen LogP contribution in [0.25, 0.3) is 5.76 Å². The lowest BCUT2D eigenvalue weighted by Gasteiger charge is -2.50. The highest BCUT2D eigenvalue weighted by atomic mass is 19.1. The fraction of sp³-hybridized carbons (Fsp3) is 0.435. The van der Waals surface area contributed by atoms with Crippen molar-refractivity contribution in [3.8, 4) is 5.75 Å². The number of benzene rings is 1. The number of hydrogen-bond donors (Lipinski definition) is 6. The van der Waals surface area contributed by atoms with E-state index in [-0.39, 0.29) is 35.2 Å². The number of primary amides is 1. The molecule has 1 saturated carbocycles. The van der Waals surface area contributed by atoms with Gasteiger partial charge >= 0.3 is 0 Å². The summed E-state index contributed by atoms with van der Waals surface area (Å²) in [6, 6.07) is -1.20. The average molecular weight is 490 g/mol. The van der Waals surface area contributed by atoms with Gasteiger partial charge in [-0.1, -0.05) is 0 Å². The van der Waals surface area contributed by atoms with Gasteiger partial charge in [-0.05, 0) is 38.4 Å². The molecule has 1 aromatic carbocycles. The van der Waals surface area contributed by atoms with Crippen molar-refractivity contribution in [2.75, 3.05) is 38.8 Å². The molecule has 0 saturated heterocycles. The molecule has 3 aliphatic rings. The molecule has 4 atom stereocenters. The number of phenolic OH excluding ortho intramolecular Hbond substituents is 1. The number of fused-ring (bicyclic) bond motifs is 3. The summed E-state index contributed by atoms with van der Waals surface area (Å²) in [6.07, 6.45) is -0.127. The Kier molecular flexibility index (Phi) is 5.38. The first kappa shape index (κ1) is 24.5. The molecule has 0 radical (unpaired) electrons. The molecule has 3 aliphatic carbocycles. The van der Waals surface area contributed by atoms with Gasteiger partial charge in [0.25, 0.3) is 5.91 Å². The number of likely N-dealkylation sites (N-methyl/N-ethyl adjacent to an activating group) is 1. The predicted octanol–water partition coefficient (Wildman–Crippen LogP) is -0.249. The highest BCUT2D eigenvalue weighted by Gasteiger charge is 2.64. The zero-order chi connectivity index (χ0) is 26.3. The van der Waals surface area contributed by atoms with Crippen LogP contribution in [0.1, 0.15) is 17.5 Å². The van der Waals surface area contributed by atoms with E-state index in [1.807, 2.05) is 0 Å². The van der Waals surface area contributed by atoms with Crippen LogP contribution in [-0.2, 0) is 20.8 Å². The van der Waals surface area contributed by atoms with Gasteiger partial charge in [0.15, 0.2) is 23.0 Å². The SMILES string of the molecule is CN(C)c1c(F)c(N)c(O)c2c1CC1CC3C(N(C)C)C(=O)C(C(N)=O)=C(O)C3(O)C(=O)C1=C2O. The lowest BCUT2D eigenvalue weighted by molar-refractivity contribution is -0.153. The van der Waals surface area contributed by atoms with Crippen LogP contribution in [0.15, 0.2) is 16.9 Å². The van der Waals surface area contributed by atoms with E-state index in [9.17, 15) is 39.2 Å². The number of nitrogens with two attached hydrogens (primary N) is 2. The second-order valence-corrected chi connectivity index (χ2v) is 9.63.